The highest BCUT2D eigenvalue weighted by Gasteiger charge is 2.09. The fourth-order valence-corrected chi connectivity index (χ4v) is 2.89. The van der Waals surface area contributed by atoms with Crippen LogP contribution in [0.3, 0.4) is 0 Å². The molecule has 3 aromatic carbocycles. The molecule has 0 atom stereocenters. The number of hydrogen-bond acceptors (Lipinski definition) is 3. The highest BCUT2D eigenvalue weighted by molar-refractivity contribution is 5.97. The van der Waals surface area contributed by atoms with Crippen molar-refractivity contribution >= 4 is 11.8 Å². The summed E-state index contributed by atoms with van der Waals surface area (Å²) in [4.78, 5) is 24.7. The monoisotopic (exact) mass is 388 g/mol. The summed E-state index contributed by atoms with van der Waals surface area (Å²) < 4.78 is 5.12. The van der Waals surface area contributed by atoms with Gasteiger partial charge in [-0.2, -0.15) is 0 Å². The Morgan fingerprint density at radius 2 is 1.31 bits per heavy atom. The van der Waals surface area contributed by atoms with E-state index in [0.717, 1.165) is 22.4 Å². The Labute approximate surface area is 170 Å². The molecule has 0 radical (unpaired) electrons. The standard InChI is InChI=1S/C24H24N2O3/c1-17-5-3-4-6-21(17)16-26-24(28)20-11-9-19(10-12-20)23(27)25-15-18-7-13-22(29-2)14-8-18/h3-14H,15-16H2,1-2H3,(H,25,27)(H,26,28). The van der Waals surface area contributed by atoms with Crippen LogP contribution < -0.4 is 15.4 Å². The zero-order valence-corrected chi connectivity index (χ0v) is 16.6. The minimum Gasteiger partial charge on any atom is -0.497 e. The van der Waals surface area contributed by atoms with Gasteiger partial charge in [0.25, 0.3) is 11.8 Å². The van der Waals surface area contributed by atoms with Crippen molar-refractivity contribution in [3.8, 4) is 5.75 Å². The Balaban J connectivity index is 1.53. The van der Waals surface area contributed by atoms with Crippen molar-refractivity contribution < 1.29 is 14.3 Å². The summed E-state index contributed by atoms with van der Waals surface area (Å²) in [5.74, 6) is 0.419. The number of carbonyl (C=O) groups excluding carboxylic acids is 2. The fraction of sp³-hybridized carbons (Fsp3) is 0.167. The summed E-state index contributed by atoms with van der Waals surface area (Å²) in [5.41, 5.74) is 4.22. The largest absolute Gasteiger partial charge is 0.497 e. The molecule has 0 heterocycles. The smallest absolute Gasteiger partial charge is 0.251 e. The van der Waals surface area contributed by atoms with Gasteiger partial charge < -0.3 is 15.4 Å². The first-order chi connectivity index (χ1) is 14.1. The van der Waals surface area contributed by atoms with Crippen LogP contribution in [0.1, 0.15) is 37.4 Å². The lowest BCUT2D eigenvalue weighted by atomic mass is 10.1. The summed E-state index contributed by atoms with van der Waals surface area (Å²) >= 11 is 0. The molecule has 29 heavy (non-hydrogen) atoms. The molecule has 0 aliphatic rings. The van der Waals surface area contributed by atoms with Crippen molar-refractivity contribution in [1.82, 2.24) is 10.6 Å². The number of rotatable bonds is 7. The molecule has 0 saturated carbocycles. The molecule has 3 aromatic rings. The Kier molecular flexibility index (Phi) is 6.63. The maximum atomic E-state index is 12.4. The van der Waals surface area contributed by atoms with Crippen molar-refractivity contribution in [1.29, 1.82) is 0 Å². The predicted octanol–water partition coefficient (Wildman–Crippen LogP) is 3.86. The maximum absolute atomic E-state index is 12.4. The molecule has 5 nitrogen and oxygen atoms in total. The molecule has 5 heteroatoms. The number of methoxy groups -OCH3 is 1. The SMILES string of the molecule is COc1ccc(CNC(=O)c2ccc(C(=O)NCc3ccccc3C)cc2)cc1. The molecular weight excluding hydrogens is 364 g/mol. The first-order valence-electron chi connectivity index (χ1n) is 9.40. The summed E-state index contributed by atoms with van der Waals surface area (Å²) in [7, 11) is 1.61. The molecule has 0 fully saturated rings. The summed E-state index contributed by atoms with van der Waals surface area (Å²) in [6, 6.07) is 22.1. The van der Waals surface area contributed by atoms with Gasteiger partial charge >= 0.3 is 0 Å². The van der Waals surface area contributed by atoms with Gasteiger partial charge in [-0.05, 0) is 60.0 Å². The van der Waals surface area contributed by atoms with Crippen LogP contribution in [0.25, 0.3) is 0 Å². The molecule has 2 amide bonds. The Morgan fingerprint density at radius 3 is 1.86 bits per heavy atom. The topological polar surface area (TPSA) is 67.4 Å². The van der Waals surface area contributed by atoms with Crippen molar-refractivity contribution in [2.24, 2.45) is 0 Å². The molecule has 0 aliphatic carbocycles. The quantitative estimate of drug-likeness (QED) is 0.646. The van der Waals surface area contributed by atoms with Crippen LogP contribution in [-0.4, -0.2) is 18.9 Å². The zero-order valence-electron chi connectivity index (χ0n) is 16.6. The second-order valence-electron chi connectivity index (χ2n) is 6.72. The van der Waals surface area contributed by atoms with Gasteiger partial charge in [-0.3, -0.25) is 9.59 Å². The minimum absolute atomic E-state index is 0.168. The average Bonchev–Trinajstić information content (AvgIpc) is 2.77. The van der Waals surface area contributed by atoms with Gasteiger partial charge in [0.1, 0.15) is 5.75 Å². The van der Waals surface area contributed by atoms with Crippen LogP contribution in [0.2, 0.25) is 0 Å². The first-order valence-corrected chi connectivity index (χ1v) is 9.40. The number of benzene rings is 3. The molecule has 148 valence electrons. The highest BCUT2D eigenvalue weighted by Crippen LogP contribution is 2.12. The van der Waals surface area contributed by atoms with E-state index in [1.54, 1.807) is 31.4 Å². The van der Waals surface area contributed by atoms with E-state index in [-0.39, 0.29) is 11.8 Å². The molecule has 0 aromatic heterocycles. The second kappa shape index (κ2) is 9.55. The van der Waals surface area contributed by atoms with E-state index in [2.05, 4.69) is 10.6 Å². The van der Waals surface area contributed by atoms with Gasteiger partial charge in [-0.25, -0.2) is 0 Å². The van der Waals surface area contributed by atoms with Crippen LogP contribution in [0.5, 0.6) is 5.75 Å². The van der Waals surface area contributed by atoms with E-state index in [0.29, 0.717) is 24.2 Å². The van der Waals surface area contributed by atoms with Crippen LogP contribution in [-0.2, 0) is 13.1 Å². The third-order valence-electron chi connectivity index (χ3n) is 4.72. The molecule has 0 spiro atoms. The highest BCUT2D eigenvalue weighted by atomic mass is 16.5. The molecule has 0 unspecified atom stereocenters. The zero-order chi connectivity index (χ0) is 20.6. The van der Waals surface area contributed by atoms with Crippen LogP contribution in [0.15, 0.2) is 72.8 Å². The molecular formula is C24H24N2O3. The van der Waals surface area contributed by atoms with Gasteiger partial charge in [-0.1, -0.05) is 36.4 Å². The molecule has 0 saturated heterocycles. The molecule has 0 bridgehead atoms. The van der Waals surface area contributed by atoms with Gasteiger partial charge in [0.2, 0.25) is 0 Å². The van der Waals surface area contributed by atoms with E-state index < -0.39 is 0 Å². The molecule has 2 N–H and O–H groups in total. The lowest BCUT2D eigenvalue weighted by Crippen LogP contribution is -2.24. The predicted molar refractivity (Wildman–Crippen MR) is 113 cm³/mol. The Hall–Kier alpha value is -3.60. The first kappa shape index (κ1) is 20.1. The van der Waals surface area contributed by atoms with Crippen LogP contribution in [0.4, 0.5) is 0 Å². The van der Waals surface area contributed by atoms with Gasteiger partial charge in [0.15, 0.2) is 0 Å². The number of hydrogen-bond donors (Lipinski definition) is 2. The van der Waals surface area contributed by atoms with E-state index in [1.165, 1.54) is 0 Å². The Morgan fingerprint density at radius 1 is 0.759 bits per heavy atom. The summed E-state index contributed by atoms with van der Waals surface area (Å²) in [6.07, 6.45) is 0. The van der Waals surface area contributed by atoms with Crippen LogP contribution >= 0.6 is 0 Å². The van der Waals surface area contributed by atoms with E-state index in [4.69, 9.17) is 4.74 Å². The number of aryl methyl sites for hydroxylation is 1. The fourth-order valence-electron chi connectivity index (χ4n) is 2.89. The lowest BCUT2D eigenvalue weighted by molar-refractivity contribution is 0.0939. The van der Waals surface area contributed by atoms with Gasteiger partial charge in [0.05, 0.1) is 7.11 Å². The van der Waals surface area contributed by atoms with E-state index in [1.807, 2.05) is 55.5 Å². The van der Waals surface area contributed by atoms with Gasteiger partial charge in [-0.15, -0.1) is 0 Å². The number of carbonyl (C=O) groups is 2. The Bertz CT molecular complexity index is 980. The summed E-state index contributed by atoms with van der Waals surface area (Å²) in [6.45, 7) is 2.90. The lowest BCUT2D eigenvalue weighted by Gasteiger charge is -2.09. The third-order valence-corrected chi connectivity index (χ3v) is 4.72. The number of ether oxygens (including phenoxy) is 1. The van der Waals surface area contributed by atoms with Crippen molar-refractivity contribution in [2.75, 3.05) is 7.11 Å². The van der Waals surface area contributed by atoms with E-state index in [9.17, 15) is 9.59 Å². The third kappa shape index (κ3) is 5.45. The molecule has 3 rings (SSSR count). The average molecular weight is 388 g/mol. The van der Waals surface area contributed by atoms with Crippen molar-refractivity contribution in [2.45, 2.75) is 20.0 Å². The number of nitrogens with one attached hydrogen (secondary N) is 2. The molecule has 0 aliphatic heterocycles. The van der Waals surface area contributed by atoms with Gasteiger partial charge in [0, 0.05) is 24.2 Å². The minimum atomic E-state index is -0.187. The number of amides is 2. The second-order valence-corrected chi connectivity index (χ2v) is 6.72. The van der Waals surface area contributed by atoms with Crippen molar-refractivity contribution in [3.05, 3.63) is 101 Å². The normalized spacial score (nSPS) is 10.3. The van der Waals surface area contributed by atoms with Crippen molar-refractivity contribution in [3.63, 3.8) is 0 Å². The maximum Gasteiger partial charge on any atom is 0.251 e. The van der Waals surface area contributed by atoms with Crippen LogP contribution in [0, 0.1) is 6.92 Å². The van der Waals surface area contributed by atoms with E-state index >= 15 is 0 Å². The summed E-state index contributed by atoms with van der Waals surface area (Å²) in [5, 5.41) is 5.79.